The van der Waals surface area contributed by atoms with E-state index in [2.05, 4.69) is 21.2 Å². The molecule has 166 valence electrons. The van der Waals surface area contributed by atoms with Crippen molar-refractivity contribution in [1.29, 1.82) is 0 Å². The fourth-order valence-corrected chi connectivity index (χ4v) is 3.76. The van der Waals surface area contributed by atoms with Gasteiger partial charge in [0.05, 0.1) is 15.9 Å². The molecule has 1 heterocycles. The lowest BCUT2D eigenvalue weighted by atomic mass is 10.1. The number of imide groups is 1. The molecule has 9 heteroatoms. The Morgan fingerprint density at radius 2 is 1.73 bits per heavy atom. The number of rotatable bonds is 7. The summed E-state index contributed by atoms with van der Waals surface area (Å²) >= 11 is 3.46. The quantitative estimate of drug-likeness (QED) is 0.209. The molecular weight excluding hydrogens is 490 g/mol. The number of hydrogen-bond donors (Lipinski definition) is 1. The van der Waals surface area contributed by atoms with Crippen molar-refractivity contribution in [3.05, 3.63) is 110 Å². The van der Waals surface area contributed by atoms with Crippen LogP contribution in [0.2, 0.25) is 0 Å². The molecule has 4 rings (SSSR count). The van der Waals surface area contributed by atoms with Crippen molar-refractivity contribution in [2.24, 2.45) is 0 Å². The second kappa shape index (κ2) is 9.66. The number of nitro benzene ring substituents is 1. The Bertz CT molecular complexity index is 1240. The van der Waals surface area contributed by atoms with Crippen LogP contribution in [0.5, 0.6) is 5.75 Å². The first-order valence-corrected chi connectivity index (χ1v) is 10.7. The molecule has 1 aliphatic heterocycles. The van der Waals surface area contributed by atoms with E-state index < -0.39 is 16.9 Å². The van der Waals surface area contributed by atoms with Crippen molar-refractivity contribution in [3.63, 3.8) is 0 Å². The maximum atomic E-state index is 12.7. The number of nitrogens with one attached hydrogen (secondary N) is 1. The van der Waals surface area contributed by atoms with Crippen molar-refractivity contribution in [1.82, 2.24) is 10.2 Å². The van der Waals surface area contributed by atoms with Gasteiger partial charge in [-0.15, -0.1) is 0 Å². The molecule has 1 N–H and O–H groups in total. The van der Waals surface area contributed by atoms with Crippen LogP contribution >= 0.6 is 15.9 Å². The zero-order valence-corrected chi connectivity index (χ0v) is 18.8. The highest BCUT2D eigenvalue weighted by atomic mass is 79.9. The van der Waals surface area contributed by atoms with E-state index in [4.69, 9.17) is 4.74 Å². The molecule has 0 atom stereocenters. The Kier molecular flexibility index (Phi) is 6.50. The van der Waals surface area contributed by atoms with Gasteiger partial charge in [0.15, 0.2) is 0 Å². The highest BCUT2D eigenvalue weighted by molar-refractivity contribution is 9.10. The minimum Gasteiger partial charge on any atom is -0.488 e. The fourth-order valence-electron chi connectivity index (χ4n) is 3.25. The Morgan fingerprint density at radius 3 is 2.39 bits per heavy atom. The van der Waals surface area contributed by atoms with Gasteiger partial charge in [0, 0.05) is 12.1 Å². The maximum Gasteiger partial charge on any atom is 0.329 e. The van der Waals surface area contributed by atoms with Crippen LogP contribution in [-0.2, 0) is 17.9 Å². The molecule has 0 spiro atoms. The molecule has 0 bridgehead atoms. The number of halogens is 1. The Labute approximate surface area is 197 Å². The van der Waals surface area contributed by atoms with Crippen molar-refractivity contribution < 1.29 is 19.2 Å². The van der Waals surface area contributed by atoms with Gasteiger partial charge in [-0.05, 0) is 63.0 Å². The first-order valence-electron chi connectivity index (χ1n) is 9.95. The number of non-ortho nitro benzene ring substituents is 1. The third-order valence-electron chi connectivity index (χ3n) is 4.95. The fraction of sp³-hybridized carbons (Fsp3) is 0.0833. The van der Waals surface area contributed by atoms with Gasteiger partial charge in [0.25, 0.3) is 11.6 Å². The largest absolute Gasteiger partial charge is 0.488 e. The standard InChI is InChI=1S/C24H18BrN3O5/c25-20-12-18(8-11-22(20)33-15-17-6-9-19(10-7-17)28(31)32)13-21-23(29)27(24(30)26-21)14-16-4-2-1-3-5-16/h1-13H,14-15H2,(H,26,30)/b21-13+. The van der Waals surface area contributed by atoms with E-state index in [1.54, 1.807) is 36.4 Å². The summed E-state index contributed by atoms with van der Waals surface area (Å²) in [5.74, 6) is 0.182. The molecule has 8 nitrogen and oxygen atoms in total. The van der Waals surface area contributed by atoms with Gasteiger partial charge >= 0.3 is 6.03 Å². The summed E-state index contributed by atoms with van der Waals surface area (Å²) in [4.78, 5) is 36.4. The SMILES string of the molecule is O=C1N/C(=C/c2ccc(OCc3ccc([N+](=O)[O-])cc3)c(Br)c2)C(=O)N1Cc1ccccc1. The van der Waals surface area contributed by atoms with Crippen molar-refractivity contribution in [2.75, 3.05) is 0 Å². The third kappa shape index (κ3) is 5.27. The average molecular weight is 508 g/mol. The minimum absolute atomic E-state index is 0.0215. The predicted molar refractivity (Wildman–Crippen MR) is 125 cm³/mol. The molecule has 1 fully saturated rings. The second-order valence-corrected chi connectivity index (χ2v) is 8.12. The van der Waals surface area contributed by atoms with Gasteiger partial charge in [0.1, 0.15) is 18.1 Å². The number of ether oxygens (including phenoxy) is 1. The number of urea groups is 1. The molecule has 33 heavy (non-hydrogen) atoms. The number of hydrogen-bond acceptors (Lipinski definition) is 5. The van der Waals surface area contributed by atoms with Gasteiger partial charge in [-0.2, -0.15) is 0 Å². The first-order chi connectivity index (χ1) is 15.9. The molecule has 0 saturated carbocycles. The monoisotopic (exact) mass is 507 g/mol. The lowest BCUT2D eigenvalue weighted by molar-refractivity contribution is -0.384. The number of carbonyl (C=O) groups is 2. The van der Waals surface area contributed by atoms with Crippen molar-refractivity contribution in [2.45, 2.75) is 13.2 Å². The molecule has 0 aromatic heterocycles. The molecule has 3 aromatic carbocycles. The molecule has 0 aliphatic carbocycles. The van der Waals surface area contributed by atoms with Gasteiger partial charge in [0.2, 0.25) is 0 Å². The number of nitrogens with zero attached hydrogens (tertiary/aromatic N) is 2. The third-order valence-corrected chi connectivity index (χ3v) is 5.57. The van der Waals surface area contributed by atoms with Crippen LogP contribution in [0.3, 0.4) is 0 Å². The van der Waals surface area contributed by atoms with Crippen LogP contribution in [-0.4, -0.2) is 21.8 Å². The van der Waals surface area contributed by atoms with E-state index in [1.807, 2.05) is 30.3 Å². The van der Waals surface area contributed by atoms with E-state index in [-0.39, 0.29) is 24.5 Å². The van der Waals surface area contributed by atoms with E-state index in [9.17, 15) is 19.7 Å². The van der Waals surface area contributed by atoms with Crippen molar-refractivity contribution in [3.8, 4) is 5.75 Å². The van der Waals surface area contributed by atoms with Gasteiger partial charge in [-0.25, -0.2) is 4.79 Å². The van der Waals surface area contributed by atoms with E-state index in [0.717, 1.165) is 16.0 Å². The van der Waals surface area contributed by atoms with Crippen LogP contribution in [0, 0.1) is 10.1 Å². The van der Waals surface area contributed by atoms with Crippen molar-refractivity contribution >= 4 is 39.6 Å². The van der Waals surface area contributed by atoms with E-state index in [0.29, 0.717) is 15.8 Å². The van der Waals surface area contributed by atoms with Gasteiger partial charge in [-0.1, -0.05) is 36.4 Å². The maximum absolute atomic E-state index is 12.7. The zero-order valence-electron chi connectivity index (χ0n) is 17.2. The van der Waals surface area contributed by atoms with Crippen LogP contribution in [0.25, 0.3) is 6.08 Å². The number of nitro groups is 1. The molecule has 1 saturated heterocycles. The molecule has 3 amide bonds. The normalized spacial score (nSPS) is 14.5. The van der Waals surface area contributed by atoms with E-state index in [1.165, 1.54) is 12.1 Å². The molecule has 0 radical (unpaired) electrons. The smallest absolute Gasteiger partial charge is 0.329 e. The Morgan fingerprint density at radius 1 is 1.00 bits per heavy atom. The molecular formula is C24H18BrN3O5. The lowest BCUT2D eigenvalue weighted by Crippen LogP contribution is -2.30. The summed E-state index contributed by atoms with van der Waals surface area (Å²) in [6, 6.07) is 20.2. The Balaban J connectivity index is 1.42. The van der Waals surface area contributed by atoms with Crippen LogP contribution in [0.4, 0.5) is 10.5 Å². The van der Waals surface area contributed by atoms with Gasteiger partial charge in [-0.3, -0.25) is 19.8 Å². The van der Waals surface area contributed by atoms with Crippen LogP contribution < -0.4 is 10.1 Å². The molecule has 0 unspecified atom stereocenters. The summed E-state index contributed by atoms with van der Waals surface area (Å²) < 4.78 is 6.45. The Hall–Kier alpha value is -3.98. The first kappa shape index (κ1) is 22.2. The lowest BCUT2D eigenvalue weighted by Gasteiger charge is -2.11. The summed E-state index contributed by atoms with van der Waals surface area (Å²) in [6.07, 6.45) is 1.61. The minimum atomic E-state index is -0.461. The number of amides is 3. The number of carbonyl (C=O) groups excluding carboxylic acids is 2. The summed E-state index contributed by atoms with van der Waals surface area (Å²) in [5.41, 5.74) is 2.57. The van der Waals surface area contributed by atoms with Crippen LogP contribution in [0.15, 0.2) is 83.0 Å². The molecule has 1 aliphatic rings. The van der Waals surface area contributed by atoms with Gasteiger partial charge < -0.3 is 10.1 Å². The average Bonchev–Trinajstić information content (AvgIpc) is 3.07. The van der Waals surface area contributed by atoms with Crippen LogP contribution in [0.1, 0.15) is 16.7 Å². The molecule has 3 aromatic rings. The summed E-state index contributed by atoms with van der Waals surface area (Å²) in [5, 5.41) is 13.4. The predicted octanol–water partition coefficient (Wildman–Crippen LogP) is 5.03. The number of benzene rings is 3. The summed E-state index contributed by atoms with van der Waals surface area (Å²) in [6.45, 7) is 0.433. The topological polar surface area (TPSA) is 102 Å². The zero-order chi connectivity index (χ0) is 23.4. The highest BCUT2D eigenvalue weighted by Crippen LogP contribution is 2.28. The second-order valence-electron chi connectivity index (χ2n) is 7.27. The van der Waals surface area contributed by atoms with E-state index >= 15 is 0 Å². The summed E-state index contributed by atoms with van der Waals surface area (Å²) in [7, 11) is 0. The highest BCUT2D eigenvalue weighted by Gasteiger charge is 2.33.